The number of carbonyl (C=O) groups excluding carboxylic acids is 2. The number of ether oxygens (including phenoxy) is 1. The van der Waals surface area contributed by atoms with Gasteiger partial charge in [-0.2, -0.15) is 19.0 Å². The van der Waals surface area contributed by atoms with Crippen LogP contribution in [0.4, 0.5) is 14.5 Å². The molecule has 12 nitrogen and oxygen atoms in total. The molecule has 228 valence electrons. The third kappa shape index (κ3) is 6.34. The van der Waals surface area contributed by atoms with Crippen LogP contribution in [0.5, 0.6) is 5.75 Å². The van der Waals surface area contributed by atoms with Crippen molar-refractivity contribution in [3.63, 3.8) is 0 Å². The fourth-order valence-corrected chi connectivity index (χ4v) is 5.41. The number of carbonyl (C=O) groups is 2. The first-order valence-electron chi connectivity index (χ1n) is 14.1. The summed E-state index contributed by atoms with van der Waals surface area (Å²) in [5.74, 6) is -0.947. The SMILES string of the molecule is [C-]#[N+]C1(CNC2CCN(C(=O)Cn3cc(NC(=O)c4cnn5cccnc45)c(-c4cc(Cl)ccc4OC(F)F)n3)CC2)CC1. The van der Waals surface area contributed by atoms with E-state index in [4.69, 9.17) is 22.9 Å². The van der Waals surface area contributed by atoms with Gasteiger partial charge in [-0.1, -0.05) is 11.6 Å². The van der Waals surface area contributed by atoms with Crippen LogP contribution in [-0.4, -0.2) is 78.9 Å². The summed E-state index contributed by atoms with van der Waals surface area (Å²) in [6.45, 7) is 5.85. The van der Waals surface area contributed by atoms with Crippen molar-refractivity contribution < 1.29 is 23.1 Å². The summed E-state index contributed by atoms with van der Waals surface area (Å²) in [7, 11) is 0. The molecule has 1 saturated heterocycles. The number of fused-ring (bicyclic) bond motifs is 1. The fourth-order valence-electron chi connectivity index (χ4n) is 5.23. The maximum atomic E-state index is 13.3. The molecular weight excluding hydrogens is 596 g/mol. The van der Waals surface area contributed by atoms with Gasteiger partial charge in [-0.25, -0.2) is 16.1 Å². The van der Waals surface area contributed by atoms with Crippen molar-refractivity contribution in [1.29, 1.82) is 0 Å². The number of halogens is 3. The highest BCUT2D eigenvalue weighted by Gasteiger charge is 2.50. The van der Waals surface area contributed by atoms with Crippen LogP contribution in [-0.2, 0) is 11.3 Å². The van der Waals surface area contributed by atoms with Crippen LogP contribution in [0, 0.1) is 6.57 Å². The number of hydrogen-bond acceptors (Lipinski definition) is 7. The number of anilines is 1. The van der Waals surface area contributed by atoms with Crippen LogP contribution in [0.3, 0.4) is 0 Å². The summed E-state index contributed by atoms with van der Waals surface area (Å²) in [5, 5.41) is 15.1. The topological polar surface area (TPSA) is 123 Å². The molecule has 0 radical (unpaired) electrons. The monoisotopic (exact) mass is 623 g/mol. The minimum atomic E-state index is -3.12. The molecule has 2 N–H and O–H groups in total. The molecule has 6 rings (SSSR count). The van der Waals surface area contributed by atoms with E-state index in [-0.39, 0.29) is 57.3 Å². The Hall–Kier alpha value is -4.61. The second-order valence-electron chi connectivity index (χ2n) is 10.9. The Morgan fingerprint density at radius 3 is 2.77 bits per heavy atom. The number of amides is 2. The van der Waals surface area contributed by atoms with E-state index in [0.29, 0.717) is 25.3 Å². The molecule has 15 heteroatoms. The van der Waals surface area contributed by atoms with Crippen molar-refractivity contribution in [1.82, 2.24) is 34.6 Å². The van der Waals surface area contributed by atoms with Gasteiger partial charge in [0.25, 0.3) is 5.91 Å². The van der Waals surface area contributed by atoms with Crippen molar-refractivity contribution in [2.45, 2.75) is 50.4 Å². The second-order valence-corrected chi connectivity index (χ2v) is 11.3. The van der Waals surface area contributed by atoms with Gasteiger partial charge in [0.2, 0.25) is 11.4 Å². The lowest BCUT2D eigenvalue weighted by Gasteiger charge is -2.32. The van der Waals surface area contributed by atoms with Crippen molar-refractivity contribution >= 4 is 34.7 Å². The van der Waals surface area contributed by atoms with Crippen LogP contribution in [0.1, 0.15) is 36.0 Å². The van der Waals surface area contributed by atoms with Crippen molar-refractivity contribution in [3.05, 3.63) is 71.1 Å². The lowest BCUT2D eigenvalue weighted by molar-refractivity contribution is -0.133. The Morgan fingerprint density at radius 1 is 1.25 bits per heavy atom. The zero-order valence-corrected chi connectivity index (χ0v) is 24.2. The third-order valence-corrected chi connectivity index (χ3v) is 8.11. The predicted octanol–water partition coefficient (Wildman–Crippen LogP) is 4.13. The third-order valence-electron chi connectivity index (χ3n) is 7.88. The van der Waals surface area contributed by atoms with Crippen LogP contribution >= 0.6 is 11.6 Å². The van der Waals surface area contributed by atoms with E-state index in [1.165, 1.54) is 46.0 Å². The average molecular weight is 624 g/mol. The molecule has 4 aromatic rings. The van der Waals surface area contributed by atoms with Gasteiger partial charge < -0.3 is 25.1 Å². The highest BCUT2D eigenvalue weighted by atomic mass is 35.5. The number of aromatic nitrogens is 5. The molecule has 1 aliphatic heterocycles. The number of nitrogens with one attached hydrogen (secondary N) is 2. The molecule has 2 amide bonds. The molecule has 1 aliphatic carbocycles. The Morgan fingerprint density at radius 2 is 2.05 bits per heavy atom. The summed E-state index contributed by atoms with van der Waals surface area (Å²) in [6.07, 6.45) is 9.37. The van der Waals surface area contributed by atoms with Crippen LogP contribution in [0.25, 0.3) is 21.7 Å². The Labute approximate surface area is 255 Å². The van der Waals surface area contributed by atoms with E-state index in [2.05, 4.69) is 30.7 Å². The molecule has 3 aromatic heterocycles. The van der Waals surface area contributed by atoms with Gasteiger partial charge in [0.15, 0.2) is 5.65 Å². The van der Waals surface area contributed by atoms with E-state index in [1.54, 1.807) is 17.2 Å². The largest absolute Gasteiger partial charge is 0.434 e. The van der Waals surface area contributed by atoms with Gasteiger partial charge in [-0.3, -0.25) is 14.3 Å². The number of rotatable bonds is 10. The molecule has 1 saturated carbocycles. The molecule has 1 aromatic carbocycles. The van der Waals surface area contributed by atoms with Gasteiger partial charge in [0.05, 0.1) is 18.4 Å². The van der Waals surface area contributed by atoms with Crippen LogP contribution < -0.4 is 15.4 Å². The lowest BCUT2D eigenvalue weighted by atomic mass is 10.0. The Bertz CT molecular complexity index is 1740. The normalized spacial score (nSPS) is 16.2. The summed E-state index contributed by atoms with van der Waals surface area (Å²) in [4.78, 5) is 36.3. The molecular formula is C29H28ClF2N9O3. The molecule has 0 bridgehead atoms. The standard InChI is InChI=1S/C29H28ClF2N9O3/c1-33-29(7-8-29)17-35-19-5-11-39(12-6-19)24(42)16-40-15-22(37-27(43)21-14-36-41-10-2-9-34-26(21)41)25(38-40)20-13-18(30)3-4-23(20)44-28(31)32/h2-4,9-10,13-15,19,28,35H,5-8,11-12,16-17H2,(H,37,43). The molecule has 2 fully saturated rings. The van der Waals surface area contributed by atoms with E-state index in [9.17, 15) is 18.4 Å². The van der Waals surface area contributed by atoms with Crippen molar-refractivity contribution in [2.24, 2.45) is 0 Å². The zero-order chi connectivity index (χ0) is 30.8. The molecule has 0 spiro atoms. The molecule has 44 heavy (non-hydrogen) atoms. The summed E-state index contributed by atoms with van der Waals surface area (Å²) < 4.78 is 34.0. The van der Waals surface area contributed by atoms with Gasteiger partial charge >= 0.3 is 6.61 Å². The van der Waals surface area contributed by atoms with Gasteiger partial charge in [0, 0.05) is 61.1 Å². The van der Waals surface area contributed by atoms with Crippen LogP contribution in [0.2, 0.25) is 5.02 Å². The first kappa shape index (κ1) is 29.5. The number of benzene rings is 1. The first-order chi connectivity index (χ1) is 21.2. The predicted molar refractivity (Wildman–Crippen MR) is 156 cm³/mol. The Balaban J connectivity index is 1.22. The summed E-state index contributed by atoms with van der Waals surface area (Å²) in [5.41, 5.74) is 0.593. The molecule has 4 heterocycles. The smallest absolute Gasteiger partial charge is 0.387 e. The summed E-state index contributed by atoms with van der Waals surface area (Å²) >= 11 is 6.21. The maximum absolute atomic E-state index is 13.3. The first-order valence-corrected chi connectivity index (χ1v) is 14.4. The highest BCUT2D eigenvalue weighted by molar-refractivity contribution is 6.31. The van der Waals surface area contributed by atoms with Gasteiger partial charge in [-0.05, 0) is 37.1 Å². The van der Waals surface area contributed by atoms with E-state index >= 15 is 0 Å². The van der Waals surface area contributed by atoms with Crippen molar-refractivity contribution in [2.75, 3.05) is 25.0 Å². The van der Waals surface area contributed by atoms with Crippen molar-refractivity contribution in [3.8, 4) is 17.0 Å². The van der Waals surface area contributed by atoms with E-state index in [1.807, 2.05) is 0 Å². The zero-order valence-electron chi connectivity index (χ0n) is 23.4. The minimum absolute atomic E-state index is 0.0884. The summed E-state index contributed by atoms with van der Waals surface area (Å²) in [6, 6.07) is 6.00. The molecule has 0 unspecified atom stereocenters. The molecule has 2 aliphatic rings. The quantitative estimate of drug-likeness (QED) is 0.255. The number of hydrogen-bond donors (Lipinski definition) is 2. The van der Waals surface area contributed by atoms with E-state index in [0.717, 1.165) is 25.7 Å². The highest BCUT2D eigenvalue weighted by Crippen LogP contribution is 2.39. The van der Waals surface area contributed by atoms with Gasteiger partial charge in [-0.15, -0.1) is 0 Å². The number of alkyl halides is 2. The number of likely N-dealkylation sites (tertiary alicyclic amines) is 1. The average Bonchev–Trinajstić information content (AvgIpc) is 3.50. The fraction of sp³-hybridized carbons (Fsp3) is 0.379. The second kappa shape index (κ2) is 12.2. The molecule has 0 atom stereocenters. The Kier molecular flexibility index (Phi) is 8.15. The lowest BCUT2D eigenvalue weighted by Crippen LogP contribution is -2.47. The minimum Gasteiger partial charge on any atom is -0.434 e. The number of piperidine rings is 1. The van der Waals surface area contributed by atoms with E-state index < -0.39 is 12.5 Å². The van der Waals surface area contributed by atoms with Crippen LogP contribution in [0.15, 0.2) is 49.1 Å². The van der Waals surface area contributed by atoms with Gasteiger partial charge in [0.1, 0.15) is 23.6 Å². The maximum Gasteiger partial charge on any atom is 0.387 e. The number of nitrogens with zero attached hydrogens (tertiary/aromatic N) is 7.